The molecule has 198 valence electrons. The zero-order chi connectivity index (χ0) is 27.2. The lowest BCUT2D eigenvalue weighted by molar-refractivity contribution is -0.109. The van der Waals surface area contributed by atoms with Crippen LogP contribution in [0.15, 0.2) is 60.7 Å². The number of ether oxygens (including phenoxy) is 2. The van der Waals surface area contributed by atoms with Crippen LogP contribution in [0.25, 0.3) is 0 Å². The van der Waals surface area contributed by atoms with Crippen molar-refractivity contribution in [3.05, 3.63) is 71.8 Å². The summed E-state index contributed by atoms with van der Waals surface area (Å²) in [6, 6.07) is 18.3. The van der Waals surface area contributed by atoms with Crippen LogP contribution >= 0.6 is 0 Å². The van der Waals surface area contributed by atoms with Crippen molar-refractivity contribution in [3.8, 4) is 0 Å². The topological polar surface area (TPSA) is 114 Å². The number of benzene rings is 2. The molecule has 0 saturated carbocycles. The Bertz CT molecular complexity index is 921. The molecular formula is C28H40N2O6. The second-order valence-corrected chi connectivity index (χ2v) is 10.3. The standard InChI is InChI=1S/C14H21NO3.C14H19NO3/c2*1-14(2,3)18-13(17)15-12(10-16)9-11-7-5-4-6-8-11/h4-8,12,16H,9-10H2,1-3H3,(H,15,17);4-8,10,12H,9H2,1-3H3,(H,15,17)/t2*12-/m00/s1. The molecule has 2 amide bonds. The van der Waals surface area contributed by atoms with Crippen molar-refractivity contribution in [2.24, 2.45) is 0 Å². The first-order valence-corrected chi connectivity index (χ1v) is 11.9. The summed E-state index contributed by atoms with van der Waals surface area (Å²) in [6.07, 6.45) is 0.685. The molecular weight excluding hydrogens is 460 g/mol. The van der Waals surface area contributed by atoms with Gasteiger partial charge in [0.05, 0.1) is 18.7 Å². The molecule has 0 aromatic heterocycles. The molecule has 0 aliphatic heterocycles. The van der Waals surface area contributed by atoms with Gasteiger partial charge >= 0.3 is 12.2 Å². The number of carbonyl (C=O) groups is 3. The van der Waals surface area contributed by atoms with E-state index in [2.05, 4.69) is 10.6 Å². The zero-order valence-corrected chi connectivity index (χ0v) is 22.1. The van der Waals surface area contributed by atoms with Gasteiger partial charge in [-0.05, 0) is 65.5 Å². The second-order valence-electron chi connectivity index (χ2n) is 10.3. The highest BCUT2D eigenvalue weighted by Crippen LogP contribution is 2.09. The molecule has 3 N–H and O–H groups in total. The first-order chi connectivity index (χ1) is 16.8. The average molecular weight is 501 g/mol. The Balaban J connectivity index is 0.000000360. The molecule has 0 saturated heterocycles. The van der Waals surface area contributed by atoms with Gasteiger partial charge in [0, 0.05) is 0 Å². The highest BCUT2D eigenvalue weighted by atomic mass is 16.6. The first-order valence-electron chi connectivity index (χ1n) is 11.9. The van der Waals surface area contributed by atoms with Crippen molar-refractivity contribution in [2.45, 2.75) is 77.7 Å². The van der Waals surface area contributed by atoms with Crippen molar-refractivity contribution < 1.29 is 29.0 Å². The summed E-state index contributed by atoms with van der Waals surface area (Å²) in [5, 5.41) is 14.5. The third-order valence-corrected chi connectivity index (χ3v) is 4.43. The van der Waals surface area contributed by atoms with Crippen LogP contribution in [0, 0.1) is 0 Å². The van der Waals surface area contributed by atoms with Gasteiger partial charge in [0.1, 0.15) is 17.5 Å². The van der Waals surface area contributed by atoms with E-state index in [0.717, 1.165) is 17.4 Å². The Hall–Kier alpha value is -3.39. The summed E-state index contributed by atoms with van der Waals surface area (Å²) in [4.78, 5) is 34.0. The number of nitrogens with one attached hydrogen (secondary N) is 2. The molecule has 2 aromatic rings. The number of hydrogen-bond acceptors (Lipinski definition) is 6. The number of aldehydes is 1. The molecule has 36 heavy (non-hydrogen) atoms. The third-order valence-electron chi connectivity index (χ3n) is 4.43. The minimum absolute atomic E-state index is 0.117. The fourth-order valence-electron chi connectivity index (χ4n) is 2.99. The largest absolute Gasteiger partial charge is 0.444 e. The summed E-state index contributed by atoms with van der Waals surface area (Å²) in [7, 11) is 0. The van der Waals surface area contributed by atoms with Gasteiger partial charge in [-0.25, -0.2) is 9.59 Å². The smallest absolute Gasteiger partial charge is 0.408 e. The molecule has 0 aliphatic carbocycles. The zero-order valence-electron chi connectivity index (χ0n) is 22.1. The number of carbonyl (C=O) groups excluding carboxylic acids is 3. The maximum absolute atomic E-state index is 11.6. The Morgan fingerprint density at radius 2 is 1.19 bits per heavy atom. The Kier molecular flexibility index (Phi) is 12.7. The number of hydrogen-bond donors (Lipinski definition) is 3. The van der Waals surface area contributed by atoms with Gasteiger partial charge in [0.15, 0.2) is 0 Å². The molecule has 0 aliphatic rings. The van der Waals surface area contributed by atoms with Gasteiger partial charge in [-0.2, -0.15) is 0 Å². The molecule has 0 spiro atoms. The fourth-order valence-corrected chi connectivity index (χ4v) is 2.99. The van der Waals surface area contributed by atoms with Crippen LogP contribution in [-0.4, -0.2) is 53.5 Å². The summed E-state index contributed by atoms with van der Waals surface area (Å²) in [5.41, 5.74) is 0.958. The quantitative estimate of drug-likeness (QED) is 0.462. The molecule has 0 heterocycles. The van der Waals surface area contributed by atoms with Gasteiger partial charge in [-0.15, -0.1) is 0 Å². The molecule has 8 heteroatoms. The van der Waals surface area contributed by atoms with Crippen LogP contribution in [0.2, 0.25) is 0 Å². The van der Waals surface area contributed by atoms with Crippen LogP contribution < -0.4 is 10.6 Å². The summed E-state index contributed by atoms with van der Waals surface area (Å²) >= 11 is 0. The van der Waals surface area contributed by atoms with E-state index in [9.17, 15) is 19.5 Å². The van der Waals surface area contributed by atoms with E-state index in [1.807, 2.05) is 60.7 Å². The van der Waals surface area contributed by atoms with E-state index in [4.69, 9.17) is 9.47 Å². The maximum Gasteiger partial charge on any atom is 0.408 e. The van der Waals surface area contributed by atoms with Crippen molar-refractivity contribution in [1.82, 2.24) is 10.6 Å². The Labute approximate surface area is 214 Å². The van der Waals surface area contributed by atoms with Crippen molar-refractivity contribution >= 4 is 18.5 Å². The van der Waals surface area contributed by atoms with Gasteiger partial charge in [-0.1, -0.05) is 60.7 Å². The Morgan fingerprint density at radius 3 is 1.58 bits per heavy atom. The van der Waals surface area contributed by atoms with E-state index in [1.54, 1.807) is 41.5 Å². The first kappa shape index (κ1) is 30.6. The predicted octanol–water partition coefficient (Wildman–Crippen LogP) is 4.44. The number of aliphatic hydroxyl groups excluding tert-OH is 1. The van der Waals surface area contributed by atoms with Crippen LogP contribution in [0.4, 0.5) is 9.59 Å². The predicted molar refractivity (Wildman–Crippen MR) is 140 cm³/mol. The highest BCUT2D eigenvalue weighted by Gasteiger charge is 2.20. The highest BCUT2D eigenvalue weighted by molar-refractivity contribution is 5.73. The molecule has 8 nitrogen and oxygen atoms in total. The number of rotatable bonds is 8. The molecule has 0 radical (unpaired) electrons. The number of aliphatic hydroxyl groups is 1. The molecule has 0 fully saturated rings. The fraction of sp³-hybridized carbons (Fsp3) is 0.464. The SMILES string of the molecule is CC(C)(C)OC(=O)N[C@H](C=O)Cc1ccccc1.CC(C)(C)OC(=O)N[C@H](CO)Cc1ccccc1. The minimum atomic E-state index is -0.574. The van der Waals surface area contributed by atoms with E-state index >= 15 is 0 Å². The molecule has 0 unspecified atom stereocenters. The Morgan fingerprint density at radius 1 is 0.778 bits per heavy atom. The summed E-state index contributed by atoms with van der Waals surface area (Å²) < 4.78 is 10.2. The third kappa shape index (κ3) is 14.8. The van der Waals surface area contributed by atoms with E-state index in [0.29, 0.717) is 12.8 Å². The van der Waals surface area contributed by atoms with E-state index in [1.165, 1.54) is 0 Å². The van der Waals surface area contributed by atoms with E-state index in [-0.39, 0.29) is 12.6 Å². The van der Waals surface area contributed by atoms with Crippen molar-refractivity contribution in [3.63, 3.8) is 0 Å². The molecule has 2 atom stereocenters. The van der Waals surface area contributed by atoms with Gasteiger partial charge < -0.3 is 30.0 Å². The van der Waals surface area contributed by atoms with Crippen molar-refractivity contribution in [2.75, 3.05) is 6.61 Å². The summed E-state index contributed by atoms with van der Waals surface area (Å²) in [6.45, 7) is 10.6. The second kappa shape index (κ2) is 14.9. The number of amides is 2. The van der Waals surface area contributed by atoms with Crippen LogP contribution in [-0.2, 0) is 27.1 Å². The normalized spacial score (nSPS) is 12.8. The van der Waals surface area contributed by atoms with Gasteiger partial charge in [0.25, 0.3) is 0 Å². The molecule has 0 bridgehead atoms. The monoisotopic (exact) mass is 500 g/mol. The van der Waals surface area contributed by atoms with Crippen LogP contribution in [0.3, 0.4) is 0 Å². The molecule has 2 aromatic carbocycles. The van der Waals surface area contributed by atoms with Crippen LogP contribution in [0.5, 0.6) is 0 Å². The lowest BCUT2D eigenvalue weighted by atomic mass is 10.1. The van der Waals surface area contributed by atoms with Gasteiger partial charge in [-0.3, -0.25) is 0 Å². The van der Waals surface area contributed by atoms with Crippen molar-refractivity contribution in [1.29, 1.82) is 0 Å². The van der Waals surface area contributed by atoms with Crippen LogP contribution in [0.1, 0.15) is 52.7 Å². The lowest BCUT2D eigenvalue weighted by Crippen LogP contribution is -2.42. The molecule has 2 rings (SSSR count). The van der Waals surface area contributed by atoms with E-state index < -0.39 is 29.4 Å². The minimum Gasteiger partial charge on any atom is -0.444 e. The summed E-state index contributed by atoms with van der Waals surface area (Å²) in [5.74, 6) is 0. The lowest BCUT2D eigenvalue weighted by Gasteiger charge is -2.22. The average Bonchev–Trinajstić information content (AvgIpc) is 2.77. The maximum atomic E-state index is 11.6. The van der Waals surface area contributed by atoms with Gasteiger partial charge in [0.2, 0.25) is 0 Å². The number of alkyl carbamates (subject to hydrolysis) is 2.